The summed E-state index contributed by atoms with van der Waals surface area (Å²) in [5.74, 6) is 0.459. The standard InChI is InChI=1S/C20H25N3O/c1-24-14-17-9-3-2-8-16(17)13-22-20(21)23-19-12-6-10-15-7-4-5-11-18(15)19/h2-3,6,8-10,12H,4-5,7,11,13-14H2,1H3,(H3,21,22,23). The van der Waals surface area contributed by atoms with E-state index in [0.29, 0.717) is 19.1 Å². The summed E-state index contributed by atoms with van der Waals surface area (Å²) in [4.78, 5) is 4.51. The highest BCUT2D eigenvalue weighted by Crippen LogP contribution is 2.27. The first-order valence-electron chi connectivity index (χ1n) is 8.51. The largest absolute Gasteiger partial charge is 0.380 e. The van der Waals surface area contributed by atoms with Crippen molar-refractivity contribution >= 4 is 11.6 Å². The molecule has 4 heteroatoms. The number of nitrogens with one attached hydrogen (secondary N) is 1. The zero-order valence-electron chi connectivity index (χ0n) is 14.2. The number of guanidine groups is 1. The van der Waals surface area contributed by atoms with Crippen molar-refractivity contribution in [1.29, 1.82) is 0 Å². The van der Waals surface area contributed by atoms with Crippen LogP contribution in [0.25, 0.3) is 0 Å². The quantitative estimate of drug-likeness (QED) is 0.652. The van der Waals surface area contributed by atoms with Crippen molar-refractivity contribution in [2.75, 3.05) is 12.4 Å². The van der Waals surface area contributed by atoms with Crippen molar-refractivity contribution in [3.8, 4) is 0 Å². The molecule has 1 aliphatic rings. The molecule has 0 aromatic heterocycles. The van der Waals surface area contributed by atoms with E-state index in [4.69, 9.17) is 10.5 Å². The molecule has 1 aliphatic carbocycles. The Balaban J connectivity index is 1.72. The Morgan fingerprint density at radius 1 is 1.08 bits per heavy atom. The predicted molar refractivity (Wildman–Crippen MR) is 99.2 cm³/mol. The molecule has 0 heterocycles. The van der Waals surface area contributed by atoms with E-state index < -0.39 is 0 Å². The normalized spacial score (nSPS) is 14.3. The molecule has 0 unspecified atom stereocenters. The van der Waals surface area contributed by atoms with E-state index in [1.807, 2.05) is 12.1 Å². The van der Waals surface area contributed by atoms with Crippen molar-refractivity contribution in [1.82, 2.24) is 0 Å². The van der Waals surface area contributed by atoms with E-state index in [9.17, 15) is 0 Å². The first-order chi connectivity index (χ1) is 11.8. The minimum Gasteiger partial charge on any atom is -0.380 e. The summed E-state index contributed by atoms with van der Waals surface area (Å²) in [6.07, 6.45) is 4.79. The molecule has 24 heavy (non-hydrogen) atoms. The van der Waals surface area contributed by atoms with Gasteiger partial charge in [0, 0.05) is 12.8 Å². The molecule has 3 N–H and O–H groups in total. The molecule has 0 spiro atoms. The van der Waals surface area contributed by atoms with Gasteiger partial charge in [-0.1, -0.05) is 36.4 Å². The Morgan fingerprint density at radius 2 is 1.88 bits per heavy atom. The maximum absolute atomic E-state index is 6.12. The molecule has 0 amide bonds. The molecule has 2 aromatic rings. The minimum absolute atomic E-state index is 0.459. The average Bonchev–Trinajstić information content (AvgIpc) is 2.62. The zero-order chi connectivity index (χ0) is 16.8. The summed E-state index contributed by atoms with van der Waals surface area (Å²) >= 11 is 0. The van der Waals surface area contributed by atoms with E-state index in [1.165, 1.54) is 24.0 Å². The third kappa shape index (κ3) is 3.95. The lowest BCUT2D eigenvalue weighted by molar-refractivity contribution is 0.184. The topological polar surface area (TPSA) is 59.6 Å². The fraction of sp³-hybridized carbons (Fsp3) is 0.350. The van der Waals surface area contributed by atoms with Gasteiger partial charge in [0.15, 0.2) is 5.96 Å². The second kappa shape index (κ2) is 7.97. The van der Waals surface area contributed by atoms with E-state index in [1.54, 1.807) is 7.11 Å². The molecular weight excluding hydrogens is 298 g/mol. The third-order valence-electron chi connectivity index (χ3n) is 4.50. The number of hydrogen-bond acceptors (Lipinski definition) is 2. The fourth-order valence-corrected chi connectivity index (χ4v) is 3.25. The molecule has 0 bridgehead atoms. The second-order valence-corrected chi connectivity index (χ2v) is 6.18. The molecular formula is C20H25N3O. The second-order valence-electron chi connectivity index (χ2n) is 6.18. The van der Waals surface area contributed by atoms with Crippen LogP contribution in [0.2, 0.25) is 0 Å². The molecule has 126 valence electrons. The van der Waals surface area contributed by atoms with Crippen molar-refractivity contribution in [2.45, 2.75) is 38.8 Å². The van der Waals surface area contributed by atoms with Crippen molar-refractivity contribution in [3.05, 3.63) is 64.7 Å². The monoisotopic (exact) mass is 323 g/mol. The summed E-state index contributed by atoms with van der Waals surface area (Å²) in [5.41, 5.74) is 12.3. The number of nitrogens with two attached hydrogens (primary N) is 1. The number of fused-ring (bicyclic) bond motifs is 1. The maximum atomic E-state index is 6.12. The number of aryl methyl sites for hydroxylation is 1. The third-order valence-corrected chi connectivity index (χ3v) is 4.50. The Bertz CT molecular complexity index is 725. The Labute approximate surface area is 143 Å². The first kappa shape index (κ1) is 16.5. The van der Waals surface area contributed by atoms with Gasteiger partial charge < -0.3 is 15.8 Å². The molecule has 4 nitrogen and oxygen atoms in total. The summed E-state index contributed by atoms with van der Waals surface area (Å²) in [6.45, 7) is 1.14. The van der Waals surface area contributed by atoms with Crippen LogP contribution in [0.3, 0.4) is 0 Å². The van der Waals surface area contributed by atoms with Crippen LogP contribution in [0, 0.1) is 0 Å². The van der Waals surface area contributed by atoms with Gasteiger partial charge in [-0.2, -0.15) is 0 Å². The van der Waals surface area contributed by atoms with Crippen LogP contribution in [0.15, 0.2) is 47.5 Å². The number of rotatable bonds is 5. The lowest BCUT2D eigenvalue weighted by Gasteiger charge is -2.19. The first-order valence-corrected chi connectivity index (χ1v) is 8.51. The number of methoxy groups -OCH3 is 1. The summed E-state index contributed by atoms with van der Waals surface area (Å²) < 4.78 is 5.24. The van der Waals surface area contributed by atoms with Gasteiger partial charge in [-0.3, -0.25) is 0 Å². The Hall–Kier alpha value is -2.33. The zero-order valence-corrected chi connectivity index (χ0v) is 14.2. The van der Waals surface area contributed by atoms with Gasteiger partial charge in [0.1, 0.15) is 0 Å². The molecule has 0 saturated heterocycles. The lowest BCUT2D eigenvalue weighted by Crippen LogP contribution is -2.24. The number of aliphatic imine (C=N–C) groups is 1. The van der Waals surface area contributed by atoms with E-state index in [0.717, 1.165) is 29.7 Å². The Kier molecular flexibility index (Phi) is 5.49. The van der Waals surface area contributed by atoms with Crippen molar-refractivity contribution in [3.63, 3.8) is 0 Å². The van der Waals surface area contributed by atoms with Gasteiger partial charge in [0.25, 0.3) is 0 Å². The molecule has 0 saturated carbocycles. The van der Waals surface area contributed by atoms with E-state index >= 15 is 0 Å². The van der Waals surface area contributed by atoms with Crippen molar-refractivity contribution in [2.24, 2.45) is 10.7 Å². The summed E-state index contributed by atoms with van der Waals surface area (Å²) in [5, 5.41) is 3.29. The van der Waals surface area contributed by atoms with Gasteiger partial charge in [0.2, 0.25) is 0 Å². The van der Waals surface area contributed by atoms with Gasteiger partial charge in [-0.25, -0.2) is 4.99 Å². The molecule has 0 radical (unpaired) electrons. The van der Waals surface area contributed by atoms with Crippen LogP contribution in [-0.4, -0.2) is 13.1 Å². The molecule has 0 aliphatic heterocycles. The van der Waals surface area contributed by atoms with E-state index in [-0.39, 0.29) is 0 Å². The van der Waals surface area contributed by atoms with Crippen LogP contribution >= 0.6 is 0 Å². The highest BCUT2D eigenvalue weighted by Gasteiger charge is 2.13. The van der Waals surface area contributed by atoms with Crippen LogP contribution in [0.5, 0.6) is 0 Å². The average molecular weight is 323 g/mol. The fourth-order valence-electron chi connectivity index (χ4n) is 3.25. The number of anilines is 1. The molecule has 2 aromatic carbocycles. The van der Waals surface area contributed by atoms with Gasteiger partial charge >= 0.3 is 0 Å². The molecule has 0 fully saturated rings. The van der Waals surface area contributed by atoms with Crippen molar-refractivity contribution < 1.29 is 4.74 Å². The van der Waals surface area contributed by atoms with Gasteiger partial charge in [-0.05, 0) is 54.0 Å². The van der Waals surface area contributed by atoms with Crippen LogP contribution in [-0.2, 0) is 30.7 Å². The predicted octanol–water partition coefficient (Wildman–Crippen LogP) is 3.64. The lowest BCUT2D eigenvalue weighted by atomic mass is 9.90. The highest BCUT2D eigenvalue weighted by atomic mass is 16.5. The summed E-state index contributed by atoms with van der Waals surface area (Å²) in [7, 11) is 1.70. The van der Waals surface area contributed by atoms with E-state index in [2.05, 4.69) is 40.6 Å². The highest BCUT2D eigenvalue weighted by molar-refractivity contribution is 5.93. The van der Waals surface area contributed by atoms with Crippen LogP contribution < -0.4 is 11.1 Å². The number of hydrogen-bond donors (Lipinski definition) is 2. The van der Waals surface area contributed by atoms with Gasteiger partial charge in [-0.15, -0.1) is 0 Å². The number of benzene rings is 2. The maximum Gasteiger partial charge on any atom is 0.193 e. The number of nitrogens with zero attached hydrogens (tertiary/aromatic N) is 1. The Morgan fingerprint density at radius 3 is 2.71 bits per heavy atom. The number of ether oxygens (including phenoxy) is 1. The van der Waals surface area contributed by atoms with Crippen LogP contribution in [0.4, 0.5) is 5.69 Å². The SMILES string of the molecule is COCc1ccccc1CN=C(N)Nc1cccc2c1CCCC2. The molecule has 0 atom stereocenters. The molecule has 3 rings (SSSR count). The smallest absolute Gasteiger partial charge is 0.193 e. The summed E-state index contributed by atoms with van der Waals surface area (Å²) in [6, 6.07) is 14.6. The van der Waals surface area contributed by atoms with Gasteiger partial charge in [0.05, 0.1) is 13.2 Å². The minimum atomic E-state index is 0.459. The van der Waals surface area contributed by atoms with Crippen LogP contribution in [0.1, 0.15) is 35.1 Å².